The smallest absolute Gasteiger partial charge is 0.236 e. The van der Waals surface area contributed by atoms with Gasteiger partial charge in [0.1, 0.15) is 18.2 Å². The summed E-state index contributed by atoms with van der Waals surface area (Å²) in [6.07, 6.45) is 5.51. The summed E-state index contributed by atoms with van der Waals surface area (Å²) in [5, 5.41) is 1.25. The zero-order valence-electron chi connectivity index (χ0n) is 14.1. The Morgan fingerprint density at radius 3 is 2.70 bits per heavy atom. The van der Waals surface area contributed by atoms with Crippen molar-refractivity contribution in [2.24, 2.45) is 5.92 Å². The average molecular weight is 443 g/mol. The van der Waals surface area contributed by atoms with Crippen LogP contribution in [0.1, 0.15) is 40.8 Å². The van der Waals surface area contributed by atoms with Crippen molar-refractivity contribution in [2.45, 2.75) is 51.5 Å². The van der Waals surface area contributed by atoms with Gasteiger partial charge in [0.25, 0.3) is 0 Å². The Labute approximate surface area is 153 Å². The van der Waals surface area contributed by atoms with E-state index in [0.717, 1.165) is 14.6 Å². The van der Waals surface area contributed by atoms with E-state index in [1.165, 1.54) is 0 Å². The molecule has 7 heteroatoms. The molecule has 23 heavy (non-hydrogen) atoms. The monoisotopic (exact) mass is 443 g/mol. The van der Waals surface area contributed by atoms with Crippen molar-refractivity contribution in [3.63, 3.8) is 0 Å². The van der Waals surface area contributed by atoms with Crippen LogP contribution in [0.2, 0.25) is 5.04 Å². The summed E-state index contributed by atoms with van der Waals surface area (Å²) in [4.78, 5) is 8.56. The molecule has 3 heterocycles. The van der Waals surface area contributed by atoms with Crippen molar-refractivity contribution in [2.75, 3.05) is 6.61 Å². The van der Waals surface area contributed by atoms with Gasteiger partial charge in [0.15, 0.2) is 0 Å². The van der Waals surface area contributed by atoms with E-state index in [9.17, 15) is 0 Å². The lowest BCUT2D eigenvalue weighted by Gasteiger charge is -2.47. The molecule has 1 aliphatic rings. The highest BCUT2D eigenvalue weighted by Gasteiger charge is 2.46. The van der Waals surface area contributed by atoms with E-state index in [0.29, 0.717) is 22.3 Å². The Bertz CT molecular complexity index is 711. The van der Waals surface area contributed by atoms with Gasteiger partial charge in [-0.1, -0.05) is 20.8 Å². The summed E-state index contributed by atoms with van der Waals surface area (Å²) in [6.45, 7) is 11.7. The molecule has 2 aromatic heterocycles. The van der Waals surface area contributed by atoms with Crippen LogP contribution >= 0.6 is 22.6 Å². The molecule has 2 unspecified atom stereocenters. The third kappa shape index (κ3) is 3.47. The topological polar surface area (TPSA) is 49.2 Å². The first kappa shape index (κ1) is 17.3. The minimum atomic E-state index is -0.232. The standard InChI is InChI=1S/C16H22IN3O2Si/c1-15(2,3)23-22-16(4,5)11-8-21-14(11)20-7-12(17)10-6-18-9-19-13(10)20/h6-7,9,11,14H,8H2,1-5H3. The molecule has 1 saturated heterocycles. The molecule has 5 nitrogen and oxygen atoms in total. The predicted octanol–water partition coefficient (Wildman–Crippen LogP) is 3.81. The molecular weight excluding hydrogens is 421 g/mol. The molecule has 2 radical (unpaired) electrons. The van der Waals surface area contributed by atoms with E-state index in [2.05, 4.69) is 77.9 Å². The second kappa shape index (κ2) is 6.09. The van der Waals surface area contributed by atoms with Crippen LogP contribution < -0.4 is 0 Å². The van der Waals surface area contributed by atoms with Crippen molar-refractivity contribution in [3.8, 4) is 0 Å². The van der Waals surface area contributed by atoms with E-state index in [4.69, 9.17) is 9.16 Å². The first-order chi connectivity index (χ1) is 10.7. The Kier molecular flexibility index (Phi) is 4.58. The molecule has 0 bridgehead atoms. The molecular formula is C16H22IN3O2Si. The van der Waals surface area contributed by atoms with Gasteiger partial charge < -0.3 is 13.7 Å². The maximum absolute atomic E-state index is 6.27. The van der Waals surface area contributed by atoms with Crippen molar-refractivity contribution >= 4 is 43.4 Å². The van der Waals surface area contributed by atoms with Gasteiger partial charge in [0.05, 0.1) is 23.5 Å². The molecule has 0 N–H and O–H groups in total. The fraction of sp³-hybridized carbons (Fsp3) is 0.625. The molecule has 1 aliphatic heterocycles. The molecule has 0 aromatic carbocycles. The Morgan fingerprint density at radius 2 is 2.09 bits per heavy atom. The van der Waals surface area contributed by atoms with E-state index < -0.39 is 0 Å². The Hall–Kier alpha value is -0.513. The Morgan fingerprint density at radius 1 is 1.35 bits per heavy atom. The van der Waals surface area contributed by atoms with Gasteiger partial charge in [0, 0.05) is 16.0 Å². The van der Waals surface area contributed by atoms with Gasteiger partial charge in [0.2, 0.25) is 9.76 Å². The van der Waals surface area contributed by atoms with E-state index in [-0.39, 0.29) is 16.9 Å². The third-order valence-electron chi connectivity index (χ3n) is 4.02. The second-order valence-corrected chi connectivity index (χ2v) is 10.6. The van der Waals surface area contributed by atoms with E-state index in [1.807, 2.05) is 6.20 Å². The fourth-order valence-corrected chi connectivity index (χ4v) is 4.00. The number of fused-ring (bicyclic) bond motifs is 1. The lowest BCUT2D eigenvalue weighted by Crippen LogP contribution is -2.51. The first-order valence-corrected chi connectivity index (χ1v) is 9.70. The van der Waals surface area contributed by atoms with Gasteiger partial charge in [-0.05, 0) is 41.5 Å². The largest absolute Gasteiger partial charge is 0.411 e. The Balaban J connectivity index is 1.84. The van der Waals surface area contributed by atoms with Crippen molar-refractivity contribution in [1.82, 2.24) is 14.5 Å². The molecule has 0 saturated carbocycles. The van der Waals surface area contributed by atoms with Crippen LogP contribution in [0.25, 0.3) is 11.0 Å². The van der Waals surface area contributed by atoms with Crippen LogP contribution in [-0.2, 0) is 9.16 Å². The zero-order valence-corrected chi connectivity index (χ0v) is 17.3. The summed E-state index contributed by atoms with van der Waals surface area (Å²) in [5.41, 5.74) is 0.692. The number of ether oxygens (including phenoxy) is 1. The van der Waals surface area contributed by atoms with Gasteiger partial charge >= 0.3 is 0 Å². The second-order valence-electron chi connectivity index (χ2n) is 7.53. The number of halogens is 1. The number of nitrogens with zero attached hydrogens (tertiary/aromatic N) is 3. The molecule has 2 atom stereocenters. The fourth-order valence-electron chi connectivity index (χ4n) is 2.60. The van der Waals surface area contributed by atoms with Crippen LogP contribution in [0, 0.1) is 9.49 Å². The van der Waals surface area contributed by atoms with Gasteiger partial charge in [-0.2, -0.15) is 0 Å². The maximum atomic E-state index is 6.27. The van der Waals surface area contributed by atoms with Crippen molar-refractivity contribution in [1.29, 1.82) is 0 Å². The zero-order chi connectivity index (χ0) is 16.8. The van der Waals surface area contributed by atoms with Crippen LogP contribution in [0.4, 0.5) is 0 Å². The molecule has 1 fully saturated rings. The lowest BCUT2D eigenvalue weighted by atomic mass is 9.86. The SMILES string of the molecule is CC(C)(C)[Si]OC(C)(C)C1COC1n1cc(I)c2cncnc21. The summed E-state index contributed by atoms with van der Waals surface area (Å²) < 4.78 is 15.4. The average Bonchev–Trinajstić information content (AvgIpc) is 2.72. The molecule has 0 aliphatic carbocycles. The van der Waals surface area contributed by atoms with Gasteiger partial charge in [-0.3, -0.25) is 0 Å². The first-order valence-electron chi connectivity index (χ1n) is 7.72. The molecule has 2 aromatic rings. The number of rotatable bonds is 4. The summed E-state index contributed by atoms with van der Waals surface area (Å²) >= 11 is 2.32. The minimum absolute atomic E-state index is 0.0318. The minimum Gasteiger partial charge on any atom is -0.411 e. The quantitative estimate of drug-likeness (QED) is 0.533. The van der Waals surface area contributed by atoms with Gasteiger partial charge in [-0.15, -0.1) is 0 Å². The van der Waals surface area contributed by atoms with E-state index >= 15 is 0 Å². The van der Waals surface area contributed by atoms with Crippen molar-refractivity contribution in [3.05, 3.63) is 22.3 Å². The molecule has 0 amide bonds. The summed E-state index contributed by atoms with van der Waals surface area (Å²) in [6, 6.07) is 0. The highest BCUT2D eigenvalue weighted by molar-refractivity contribution is 14.1. The van der Waals surface area contributed by atoms with Gasteiger partial charge in [-0.25, -0.2) is 9.97 Å². The number of hydrogen-bond acceptors (Lipinski definition) is 4. The van der Waals surface area contributed by atoms with Crippen LogP contribution in [0.15, 0.2) is 18.7 Å². The highest BCUT2D eigenvalue weighted by atomic mass is 127. The molecule has 124 valence electrons. The third-order valence-corrected chi connectivity index (χ3v) is 6.12. The van der Waals surface area contributed by atoms with Crippen LogP contribution in [-0.4, -0.2) is 36.5 Å². The molecule has 0 spiro atoms. The predicted molar refractivity (Wildman–Crippen MR) is 99.4 cm³/mol. The van der Waals surface area contributed by atoms with Crippen molar-refractivity contribution < 1.29 is 9.16 Å². The molecule has 3 rings (SSSR count). The number of hydrogen-bond donors (Lipinski definition) is 0. The van der Waals surface area contributed by atoms with Crippen LogP contribution in [0.5, 0.6) is 0 Å². The number of aromatic nitrogens is 3. The summed E-state index contributed by atoms with van der Waals surface area (Å²) in [5.74, 6) is 0.304. The highest BCUT2D eigenvalue weighted by Crippen LogP contribution is 2.43. The van der Waals surface area contributed by atoms with Crippen LogP contribution in [0.3, 0.4) is 0 Å². The lowest BCUT2D eigenvalue weighted by molar-refractivity contribution is -0.213. The summed E-state index contributed by atoms with van der Waals surface area (Å²) in [7, 11) is 0.465. The normalized spacial score (nSPS) is 22.3. The van der Waals surface area contributed by atoms with E-state index in [1.54, 1.807) is 6.33 Å². The maximum Gasteiger partial charge on any atom is 0.236 e.